The molecule has 0 radical (unpaired) electrons. The lowest BCUT2D eigenvalue weighted by molar-refractivity contribution is -0.126. The number of methoxy groups -OCH3 is 1. The van der Waals surface area contributed by atoms with Gasteiger partial charge in [-0.05, 0) is 29.8 Å². The molecule has 1 aliphatic rings. The third-order valence-electron chi connectivity index (χ3n) is 4.03. The molecule has 2 amide bonds. The number of hydrogen-bond donors (Lipinski definition) is 1. The Labute approximate surface area is 155 Å². The van der Waals surface area contributed by atoms with Crippen molar-refractivity contribution in [3.05, 3.63) is 57.6 Å². The minimum Gasteiger partial charge on any atom is -0.497 e. The number of anilines is 1. The van der Waals surface area contributed by atoms with Crippen molar-refractivity contribution in [1.29, 1.82) is 0 Å². The van der Waals surface area contributed by atoms with Gasteiger partial charge < -0.3 is 15.0 Å². The van der Waals surface area contributed by atoms with Gasteiger partial charge in [0.2, 0.25) is 5.91 Å². The van der Waals surface area contributed by atoms with E-state index in [-0.39, 0.29) is 11.8 Å². The van der Waals surface area contributed by atoms with E-state index in [0.717, 1.165) is 11.3 Å². The zero-order valence-electron chi connectivity index (χ0n) is 13.7. The Bertz CT molecular complexity index is 837. The van der Waals surface area contributed by atoms with E-state index in [1.54, 1.807) is 24.1 Å². The van der Waals surface area contributed by atoms with Gasteiger partial charge in [-0.25, -0.2) is 0 Å². The zero-order chi connectivity index (χ0) is 18.1. The second-order valence-electron chi connectivity index (χ2n) is 5.70. The summed E-state index contributed by atoms with van der Waals surface area (Å²) >= 11 is 12.6. The zero-order valence-corrected chi connectivity index (χ0v) is 15.2. The van der Waals surface area contributed by atoms with Gasteiger partial charge >= 0.3 is 0 Å². The summed E-state index contributed by atoms with van der Waals surface area (Å²) in [5.74, 6) is 0.150. The van der Waals surface area contributed by atoms with Crippen LogP contribution >= 0.6 is 23.2 Å². The minimum atomic E-state index is -0.836. The van der Waals surface area contributed by atoms with Crippen LogP contribution in [0.5, 0.6) is 5.75 Å². The van der Waals surface area contributed by atoms with E-state index in [2.05, 4.69) is 5.32 Å². The average molecular weight is 379 g/mol. The molecule has 1 heterocycles. The van der Waals surface area contributed by atoms with Gasteiger partial charge in [-0.15, -0.1) is 0 Å². The van der Waals surface area contributed by atoms with Crippen molar-refractivity contribution >= 4 is 40.7 Å². The van der Waals surface area contributed by atoms with Crippen molar-refractivity contribution in [2.75, 3.05) is 12.0 Å². The van der Waals surface area contributed by atoms with E-state index in [0.29, 0.717) is 27.8 Å². The lowest BCUT2D eigenvalue weighted by Crippen LogP contribution is -2.36. The fourth-order valence-electron chi connectivity index (χ4n) is 2.90. The van der Waals surface area contributed by atoms with E-state index in [4.69, 9.17) is 27.9 Å². The van der Waals surface area contributed by atoms with Gasteiger partial charge in [-0.1, -0.05) is 35.3 Å². The average Bonchev–Trinajstić information content (AvgIpc) is 2.85. The molecular weight excluding hydrogens is 363 g/mol. The highest BCUT2D eigenvalue weighted by Gasteiger charge is 2.41. The molecule has 0 fully saturated rings. The Morgan fingerprint density at radius 2 is 1.80 bits per heavy atom. The van der Waals surface area contributed by atoms with Gasteiger partial charge in [0.05, 0.1) is 24.4 Å². The molecule has 7 heteroatoms. The molecule has 2 aromatic rings. The Hall–Kier alpha value is -2.24. The van der Waals surface area contributed by atoms with Crippen LogP contribution in [0.1, 0.15) is 24.1 Å². The van der Waals surface area contributed by atoms with E-state index >= 15 is 0 Å². The molecule has 3 rings (SSSR count). The third-order valence-corrected chi connectivity index (χ3v) is 4.67. The molecule has 0 spiro atoms. The van der Waals surface area contributed by atoms with Crippen molar-refractivity contribution in [3.63, 3.8) is 0 Å². The minimum absolute atomic E-state index is 0.268. The number of hydrogen-bond acceptors (Lipinski definition) is 3. The quantitative estimate of drug-likeness (QED) is 0.881. The number of benzene rings is 2. The summed E-state index contributed by atoms with van der Waals surface area (Å²) in [6.07, 6.45) is 0. The molecular formula is C18H16Cl2N2O3. The van der Waals surface area contributed by atoms with Gasteiger partial charge in [0, 0.05) is 17.5 Å². The first-order chi connectivity index (χ1) is 11.9. The van der Waals surface area contributed by atoms with Crippen LogP contribution in [-0.4, -0.2) is 18.9 Å². The van der Waals surface area contributed by atoms with Crippen LogP contribution < -0.4 is 15.0 Å². The van der Waals surface area contributed by atoms with E-state index in [9.17, 15) is 9.59 Å². The summed E-state index contributed by atoms with van der Waals surface area (Å²) in [6.45, 7) is 1.67. The Morgan fingerprint density at radius 3 is 2.40 bits per heavy atom. The second kappa shape index (κ2) is 6.94. The number of rotatable bonds is 4. The molecule has 25 heavy (non-hydrogen) atoms. The highest BCUT2D eigenvalue weighted by atomic mass is 35.5. The number of nitrogens with zero attached hydrogens (tertiary/aromatic N) is 1. The van der Waals surface area contributed by atoms with Crippen molar-refractivity contribution in [1.82, 2.24) is 5.32 Å². The van der Waals surface area contributed by atoms with Crippen LogP contribution in [0.2, 0.25) is 10.0 Å². The number of nitrogens with one attached hydrogen (secondary N) is 1. The predicted molar refractivity (Wildman–Crippen MR) is 97.2 cm³/mol. The topological polar surface area (TPSA) is 58.6 Å². The van der Waals surface area contributed by atoms with Gasteiger partial charge in [-0.3, -0.25) is 9.59 Å². The maximum Gasteiger partial charge on any atom is 0.254 e. The summed E-state index contributed by atoms with van der Waals surface area (Å²) in [6, 6.07) is 9.82. The maximum atomic E-state index is 12.9. The second-order valence-corrected chi connectivity index (χ2v) is 6.51. The first kappa shape index (κ1) is 17.6. The fourth-order valence-corrected chi connectivity index (χ4v) is 3.43. The van der Waals surface area contributed by atoms with Crippen LogP contribution in [-0.2, 0) is 16.1 Å². The molecule has 0 aromatic heterocycles. The first-order valence-corrected chi connectivity index (χ1v) is 8.37. The number of carbonyl (C=O) groups is 2. The summed E-state index contributed by atoms with van der Waals surface area (Å²) in [7, 11) is 1.59. The highest BCUT2D eigenvalue weighted by molar-refractivity contribution is 6.38. The molecule has 2 aromatic carbocycles. The Morgan fingerprint density at radius 1 is 1.16 bits per heavy atom. The predicted octanol–water partition coefficient (Wildman–Crippen LogP) is 3.73. The molecule has 1 N–H and O–H groups in total. The van der Waals surface area contributed by atoms with E-state index in [1.165, 1.54) is 6.92 Å². The van der Waals surface area contributed by atoms with Crippen LogP contribution in [0.15, 0.2) is 36.4 Å². The van der Waals surface area contributed by atoms with Crippen molar-refractivity contribution in [2.24, 2.45) is 0 Å². The van der Waals surface area contributed by atoms with Crippen LogP contribution in [0.3, 0.4) is 0 Å². The summed E-state index contributed by atoms with van der Waals surface area (Å²) in [5.41, 5.74) is 1.97. The Balaban J connectivity index is 2.01. The molecule has 1 unspecified atom stereocenters. The third kappa shape index (κ3) is 3.30. The standard InChI is InChI=1S/C18H16Cl2N2O3/c1-10(23)21-16-15-13(19)7-8-14(20)17(15)22(18(16)24)9-11-3-5-12(25-2)6-4-11/h3-8,16H,9H2,1-2H3,(H,21,23). The summed E-state index contributed by atoms with van der Waals surface area (Å²) in [4.78, 5) is 26.0. The summed E-state index contributed by atoms with van der Waals surface area (Å²) < 4.78 is 5.15. The molecule has 0 saturated heterocycles. The Kier molecular flexibility index (Phi) is 4.88. The molecule has 130 valence electrons. The van der Waals surface area contributed by atoms with Crippen LogP contribution in [0, 0.1) is 0 Å². The molecule has 5 nitrogen and oxygen atoms in total. The molecule has 1 aliphatic heterocycles. The lowest BCUT2D eigenvalue weighted by Gasteiger charge is -2.19. The van der Waals surface area contributed by atoms with Crippen LogP contribution in [0.4, 0.5) is 5.69 Å². The maximum absolute atomic E-state index is 12.9. The summed E-state index contributed by atoms with van der Waals surface area (Å²) in [5, 5.41) is 3.46. The van der Waals surface area contributed by atoms with Gasteiger partial charge in [-0.2, -0.15) is 0 Å². The molecule has 0 saturated carbocycles. The number of carbonyl (C=O) groups excluding carboxylic acids is 2. The van der Waals surface area contributed by atoms with Crippen LogP contribution in [0.25, 0.3) is 0 Å². The first-order valence-electron chi connectivity index (χ1n) is 7.61. The van der Waals surface area contributed by atoms with E-state index in [1.807, 2.05) is 24.3 Å². The van der Waals surface area contributed by atoms with Gasteiger partial charge in [0.1, 0.15) is 11.8 Å². The largest absolute Gasteiger partial charge is 0.497 e. The molecule has 0 bridgehead atoms. The number of fused-ring (bicyclic) bond motifs is 1. The highest BCUT2D eigenvalue weighted by Crippen LogP contribution is 2.45. The monoisotopic (exact) mass is 378 g/mol. The van der Waals surface area contributed by atoms with Gasteiger partial charge in [0.25, 0.3) is 5.91 Å². The van der Waals surface area contributed by atoms with Crippen molar-refractivity contribution < 1.29 is 14.3 Å². The number of halogens is 2. The number of amides is 2. The lowest BCUT2D eigenvalue weighted by atomic mass is 10.1. The van der Waals surface area contributed by atoms with Crippen molar-refractivity contribution in [3.8, 4) is 5.75 Å². The number of ether oxygens (including phenoxy) is 1. The molecule has 1 atom stereocenters. The normalized spacial score (nSPS) is 15.9. The fraction of sp³-hybridized carbons (Fsp3) is 0.222. The molecule has 0 aliphatic carbocycles. The van der Waals surface area contributed by atoms with E-state index < -0.39 is 6.04 Å². The van der Waals surface area contributed by atoms with Crippen molar-refractivity contribution in [2.45, 2.75) is 19.5 Å². The SMILES string of the molecule is COc1ccc(CN2C(=O)C(NC(C)=O)c3c(Cl)ccc(Cl)c32)cc1. The smallest absolute Gasteiger partial charge is 0.254 e. The van der Waals surface area contributed by atoms with Gasteiger partial charge in [0.15, 0.2) is 0 Å².